The molecule has 0 N–H and O–H groups in total. The van der Waals surface area contributed by atoms with E-state index in [1.807, 2.05) is 0 Å². The lowest BCUT2D eigenvalue weighted by molar-refractivity contribution is 0.531. The molecule has 0 aromatic carbocycles. The smallest absolute Gasteiger partial charge is 0.0325 e. The zero-order chi connectivity index (χ0) is 8.53. The highest BCUT2D eigenvalue weighted by atomic mass is 14.0. The third-order valence-electron chi connectivity index (χ3n) is 1.94. The Bertz CT molecular complexity index is 92.2. The van der Waals surface area contributed by atoms with E-state index in [9.17, 15) is 0 Å². The monoisotopic (exact) mass is 154 g/mol. The molecule has 0 aliphatic heterocycles. The van der Waals surface area contributed by atoms with Gasteiger partial charge in [-0.2, -0.15) is 0 Å². The second-order valence-electron chi connectivity index (χ2n) is 3.39. The van der Waals surface area contributed by atoms with Gasteiger partial charge in [0.2, 0.25) is 0 Å². The van der Waals surface area contributed by atoms with Gasteiger partial charge in [-0.1, -0.05) is 52.2 Å². The van der Waals surface area contributed by atoms with Crippen LogP contribution in [-0.4, -0.2) is 0 Å². The number of allylic oxidation sites excluding steroid dienone is 2. The first kappa shape index (κ1) is 10.7. The molecule has 0 aromatic rings. The summed E-state index contributed by atoms with van der Waals surface area (Å²) in [4.78, 5) is 0. The van der Waals surface area contributed by atoms with Crippen LogP contribution in [0.4, 0.5) is 0 Å². The van der Waals surface area contributed by atoms with Crippen molar-refractivity contribution in [2.24, 2.45) is 5.92 Å². The van der Waals surface area contributed by atoms with Crippen molar-refractivity contribution in [2.45, 2.75) is 52.9 Å². The van der Waals surface area contributed by atoms with Gasteiger partial charge in [-0.3, -0.25) is 0 Å². The highest BCUT2D eigenvalue weighted by Crippen LogP contribution is 2.10. The molecule has 0 nitrogen and oxygen atoms in total. The summed E-state index contributed by atoms with van der Waals surface area (Å²) in [6.07, 6.45) is 11.1. The van der Waals surface area contributed by atoms with Crippen molar-refractivity contribution in [1.29, 1.82) is 0 Å². The van der Waals surface area contributed by atoms with Crippen molar-refractivity contribution < 1.29 is 0 Å². The van der Waals surface area contributed by atoms with Crippen molar-refractivity contribution in [3.63, 3.8) is 0 Å². The van der Waals surface area contributed by atoms with Gasteiger partial charge < -0.3 is 0 Å². The Morgan fingerprint density at radius 3 is 2.36 bits per heavy atom. The predicted octanol–water partition coefficient (Wildman–Crippen LogP) is 4.17. The zero-order valence-corrected chi connectivity index (χ0v) is 8.27. The lowest BCUT2D eigenvalue weighted by Gasteiger charge is -2.04. The number of hydrogen-bond acceptors (Lipinski definition) is 0. The fourth-order valence-electron chi connectivity index (χ4n) is 1.22. The van der Waals surface area contributed by atoms with Crippen LogP contribution < -0.4 is 0 Å². The molecule has 0 saturated heterocycles. The maximum absolute atomic E-state index is 2.34. The van der Waals surface area contributed by atoms with Crippen LogP contribution in [0, 0.1) is 5.92 Å². The fourth-order valence-corrected chi connectivity index (χ4v) is 1.22. The Morgan fingerprint density at radius 1 is 1.09 bits per heavy atom. The Hall–Kier alpha value is -0.260. The first-order valence-corrected chi connectivity index (χ1v) is 4.96. The second kappa shape index (κ2) is 7.84. The van der Waals surface area contributed by atoms with Crippen LogP contribution in [-0.2, 0) is 0 Å². The summed E-state index contributed by atoms with van der Waals surface area (Å²) in [5, 5.41) is 0. The van der Waals surface area contributed by atoms with Gasteiger partial charge in [-0.05, 0) is 18.8 Å². The summed E-state index contributed by atoms with van der Waals surface area (Å²) in [5.41, 5.74) is 0. The summed E-state index contributed by atoms with van der Waals surface area (Å²) < 4.78 is 0. The third kappa shape index (κ3) is 7.64. The normalized spacial score (nSPS) is 14.1. The van der Waals surface area contributed by atoms with Gasteiger partial charge in [0.1, 0.15) is 0 Å². The predicted molar refractivity (Wildman–Crippen MR) is 52.7 cm³/mol. The van der Waals surface area contributed by atoms with E-state index < -0.39 is 0 Å². The van der Waals surface area contributed by atoms with Crippen LogP contribution in [0.5, 0.6) is 0 Å². The first-order valence-electron chi connectivity index (χ1n) is 4.96. The van der Waals surface area contributed by atoms with Crippen molar-refractivity contribution in [3.8, 4) is 0 Å². The van der Waals surface area contributed by atoms with Crippen molar-refractivity contribution >= 4 is 0 Å². The summed E-state index contributed by atoms with van der Waals surface area (Å²) in [5.74, 6) is 0.883. The van der Waals surface area contributed by atoms with Crippen LogP contribution in [0.25, 0.3) is 0 Å². The van der Waals surface area contributed by atoms with Gasteiger partial charge in [0.25, 0.3) is 0 Å². The van der Waals surface area contributed by atoms with Gasteiger partial charge in [0.15, 0.2) is 0 Å². The van der Waals surface area contributed by atoms with E-state index in [4.69, 9.17) is 0 Å². The quantitative estimate of drug-likeness (QED) is 0.504. The van der Waals surface area contributed by atoms with E-state index in [1.54, 1.807) is 0 Å². The van der Waals surface area contributed by atoms with Crippen LogP contribution >= 0.6 is 0 Å². The van der Waals surface area contributed by atoms with Gasteiger partial charge in [0, 0.05) is 0 Å². The molecule has 0 amide bonds. The van der Waals surface area contributed by atoms with E-state index in [-0.39, 0.29) is 0 Å². The van der Waals surface area contributed by atoms with Gasteiger partial charge in [0.05, 0.1) is 0 Å². The Balaban J connectivity index is 3.21. The highest BCUT2D eigenvalue weighted by Gasteiger charge is 1.95. The first-order chi connectivity index (χ1) is 5.31. The summed E-state index contributed by atoms with van der Waals surface area (Å²) in [7, 11) is 0. The maximum atomic E-state index is 2.34. The SMILES string of the molecule is CCC/C=C/CC(C)CCC. The van der Waals surface area contributed by atoms with Crippen LogP contribution in [0.15, 0.2) is 12.2 Å². The molecule has 1 atom stereocenters. The summed E-state index contributed by atoms with van der Waals surface area (Å²) >= 11 is 0. The van der Waals surface area contributed by atoms with E-state index in [1.165, 1.54) is 32.1 Å². The van der Waals surface area contributed by atoms with E-state index in [2.05, 4.69) is 32.9 Å². The van der Waals surface area contributed by atoms with Crippen molar-refractivity contribution in [3.05, 3.63) is 12.2 Å². The van der Waals surface area contributed by atoms with Crippen molar-refractivity contribution in [1.82, 2.24) is 0 Å². The third-order valence-corrected chi connectivity index (χ3v) is 1.94. The van der Waals surface area contributed by atoms with Gasteiger partial charge in [-0.25, -0.2) is 0 Å². The van der Waals surface area contributed by atoms with E-state index in [0.29, 0.717) is 0 Å². The molecular formula is C11H22. The zero-order valence-electron chi connectivity index (χ0n) is 8.27. The van der Waals surface area contributed by atoms with Crippen molar-refractivity contribution in [2.75, 3.05) is 0 Å². The van der Waals surface area contributed by atoms with Crippen LogP contribution in [0.2, 0.25) is 0 Å². The highest BCUT2D eigenvalue weighted by molar-refractivity contribution is 4.82. The van der Waals surface area contributed by atoms with E-state index in [0.717, 1.165) is 5.92 Å². The Morgan fingerprint density at radius 2 is 1.82 bits per heavy atom. The molecule has 0 fully saturated rings. The minimum atomic E-state index is 0.883. The largest absolute Gasteiger partial charge is 0.0885 e. The standard InChI is InChI=1S/C11H22/c1-4-6-7-8-10-11(3)9-5-2/h7-8,11H,4-6,9-10H2,1-3H3/b8-7+. The lowest BCUT2D eigenvalue weighted by Crippen LogP contribution is -1.90. The average molecular weight is 154 g/mol. The molecule has 66 valence electrons. The number of rotatable bonds is 6. The molecule has 0 aromatic heterocycles. The molecule has 11 heavy (non-hydrogen) atoms. The van der Waals surface area contributed by atoms with Crippen LogP contribution in [0.1, 0.15) is 52.9 Å². The average Bonchev–Trinajstić information content (AvgIpc) is 1.99. The molecule has 1 unspecified atom stereocenters. The number of unbranched alkanes of at least 4 members (excludes halogenated alkanes) is 1. The molecule has 0 aliphatic carbocycles. The summed E-state index contributed by atoms with van der Waals surface area (Å²) in [6, 6.07) is 0. The Kier molecular flexibility index (Phi) is 7.66. The molecule has 0 heteroatoms. The summed E-state index contributed by atoms with van der Waals surface area (Å²) in [6.45, 7) is 6.81. The van der Waals surface area contributed by atoms with E-state index >= 15 is 0 Å². The topological polar surface area (TPSA) is 0 Å². The molecule has 0 aliphatic rings. The van der Waals surface area contributed by atoms with Crippen LogP contribution in [0.3, 0.4) is 0 Å². The number of hydrogen-bond donors (Lipinski definition) is 0. The molecule has 0 rings (SSSR count). The minimum Gasteiger partial charge on any atom is -0.0885 e. The molecule has 0 radical (unpaired) electrons. The van der Waals surface area contributed by atoms with Gasteiger partial charge >= 0.3 is 0 Å². The Labute approximate surface area is 71.7 Å². The van der Waals surface area contributed by atoms with Gasteiger partial charge in [-0.15, -0.1) is 0 Å². The fraction of sp³-hybridized carbons (Fsp3) is 0.818. The molecule has 0 saturated carbocycles. The molecule has 0 bridgehead atoms. The second-order valence-corrected chi connectivity index (χ2v) is 3.39. The minimum absolute atomic E-state index is 0.883. The molecule has 0 heterocycles. The maximum Gasteiger partial charge on any atom is -0.0325 e. The lowest BCUT2D eigenvalue weighted by atomic mass is 10.0. The molecule has 0 spiro atoms. The molecular weight excluding hydrogens is 132 g/mol.